The van der Waals surface area contributed by atoms with Crippen LogP contribution in [-0.2, 0) is 0 Å². The van der Waals surface area contributed by atoms with E-state index >= 15 is 0 Å². The van der Waals surface area contributed by atoms with Gasteiger partial charge in [-0.25, -0.2) is 4.98 Å². The van der Waals surface area contributed by atoms with Crippen molar-refractivity contribution < 1.29 is 14.3 Å². The van der Waals surface area contributed by atoms with Gasteiger partial charge < -0.3 is 14.8 Å². The Hall–Kier alpha value is -1.98. The first-order valence-corrected chi connectivity index (χ1v) is 6.65. The van der Waals surface area contributed by atoms with E-state index in [1.54, 1.807) is 24.3 Å². The molecule has 0 atom stereocenters. The van der Waals surface area contributed by atoms with Crippen LogP contribution in [-0.4, -0.2) is 25.1 Å². The largest absolute Gasteiger partial charge is 0.495 e. The van der Waals surface area contributed by atoms with Gasteiger partial charge in [0.25, 0.3) is 5.91 Å². The standard InChI is InChI=1S/C14H12Cl2N2O3/c1-20-11-7-10(12(21-2)6-9(11)15)18-14(19)8-4-3-5-17-13(8)16/h3-7H,1-2H3,(H,18,19). The molecule has 1 aromatic carbocycles. The summed E-state index contributed by atoms with van der Waals surface area (Å²) in [6.07, 6.45) is 1.50. The third-order valence-corrected chi connectivity index (χ3v) is 3.32. The number of halogens is 2. The van der Waals surface area contributed by atoms with Gasteiger partial charge in [0.2, 0.25) is 0 Å². The number of amides is 1. The van der Waals surface area contributed by atoms with Gasteiger partial charge in [-0.05, 0) is 12.1 Å². The summed E-state index contributed by atoms with van der Waals surface area (Å²) < 4.78 is 10.3. The Balaban J connectivity index is 2.35. The molecule has 1 heterocycles. The average molecular weight is 327 g/mol. The molecule has 0 aliphatic heterocycles. The molecular weight excluding hydrogens is 315 g/mol. The monoisotopic (exact) mass is 326 g/mol. The highest BCUT2D eigenvalue weighted by molar-refractivity contribution is 6.33. The summed E-state index contributed by atoms with van der Waals surface area (Å²) in [4.78, 5) is 16.1. The minimum absolute atomic E-state index is 0.120. The van der Waals surface area contributed by atoms with Crippen LogP contribution in [0.1, 0.15) is 10.4 Å². The van der Waals surface area contributed by atoms with E-state index < -0.39 is 5.91 Å². The highest BCUT2D eigenvalue weighted by Crippen LogP contribution is 2.36. The van der Waals surface area contributed by atoms with Gasteiger partial charge in [-0.2, -0.15) is 0 Å². The first-order chi connectivity index (χ1) is 10.1. The number of nitrogens with one attached hydrogen (secondary N) is 1. The fourth-order valence-corrected chi connectivity index (χ4v) is 2.14. The molecule has 0 radical (unpaired) electrons. The molecule has 1 N–H and O–H groups in total. The Morgan fingerprint density at radius 3 is 2.52 bits per heavy atom. The molecule has 0 spiro atoms. The van der Waals surface area contributed by atoms with Gasteiger partial charge in [-0.15, -0.1) is 0 Å². The molecule has 21 heavy (non-hydrogen) atoms. The Morgan fingerprint density at radius 1 is 1.19 bits per heavy atom. The Morgan fingerprint density at radius 2 is 1.90 bits per heavy atom. The predicted molar refractivity (Wildman–Crippen MR) is 81.8 cm³/mol. The summed E-state index contributed by atoms with van der Waals surface area (Å²) >= 11 is 11.9. The number of carbonyl (C=O) groups is 1. The fourth-order valence-electron chi connectivity index (χ4n) is 1.70. The van der Waals surface area contributed by atoms with E-state index in [1.807, 2.05) is 0 Å². The molecule has 7 heteroatoms. The first kappa shape index (κ1) is 15.4. The van der Waals surface area contributed by atoms with Gasteiger partial charge in [0.15, 0.2) is 0 Å². The molecule has 0 saturated heterocycles. The second-order valence-electron chi connectivity index (χ2n) is 3.98. The van der Waals surface area contributed by atoms with E-state index in [4.69, 9.17) is 32.7 Å². The molecule has 0 fully saturated rings. The zero-order valence-corrected chi connectivity index (χ0v) is 12.8. The van der Waals surface area contributed by atoms with Gasteiger partial charge in [-0.3, -0.25) is 4.79 Å². The van der Waals surface area contributed by atoms with Crippen molar-refractivity contribution >= 4 is 34.8 Å². The summed E-state index contributed by atoms with van der Waals surface area (Å²) in [5, 5.41) is 3.20. The van der Waals surface area contributed by atoms with E-state index in [-0.39, 0.29) is 10.7 Å². The van der Waals surface area contributed by atoms with E-state index in [1.165, 1.54) is 20.4 Å². The van der Waals surface area contributed by atoms with Crippen molar-refractivity contribution in [2.45, 2.75) is 0 Å². The molecule has 0 aliphatic rings. The maximum absolute atomic E-state index is 12.2. The summed E-state index contributed by atoms with van der Waals surface area (Å²) in [5.74, 6) is 0.426. The van der Waals surface area contributed by atoms with Crippen LogP contribution in [0.15, 0.2) is 30.5 Å². The number of rotatable bonds is 4. The van der Waals surface area contributed by atoms with Crippen LogP contribution in [0.3, 0.4) is 0 Å². The molecule has 5 nitrogen and oxygen atoms in total. The average Bonchev–Trinajstić information content (AvgIpc) is 2.48. The summed E-state index contributed by atoms with van der Waals surface area (Å²) in [6.45, 7) is 0. The number of ether oxygens (including phenoxy) is 2. The van der Waals surface area contributed by atoms with Gasteiger partial charge in [0.1, 0.15) is 16.7 Å². The van der Waals surface area contributed by atoms with Crippen LogP contribution in [0.2, 0.25) is 10.2 Å². The minimum Gasteiger partial charge on any atom is -0.495 e. The predicted octanol–water partition coefficient (Wildman–Crippen LogP) is 3.66. The Bertz CT molecular complexity index is 677. The zero-order chi connectivity index (χ0) is 15.4. The molecule has 110 valence electrons. The zero-order valence-electron chi connectivity index (χ0n) is 11.3. The lowest BCUT2D eigenvalue weighted by atomic mass is 10.2. The Kier molecular flexibility index (Phi) is 4.88. The Labute approximate surface area is 131 Å². The van der Waals surface area contributed by atoms with Gasteiger partial charge in [0.05, 0.1) is 30.5 Å². The molecule has 1 amide bonds. The molecule has 1 aromatic heterocycles. The molecule has 0 aliphatic carbocycles. The van der Waals surface area contributed by atoms with E-state index in [2.05, 4.69) is 10.3 Å². The normalized spacial score (nSPS) is 10.1. The van der Waals surface area contributed by atoms with Crippen molar-refractivity contribution in [3.63, 3.8) is 0 Å². The number of methoxy groups -OCH3 is 2. The summed E-state index contributed by atoms with van der Waals surface area (Å²) in [6, 6.07) is 6.33. The second kappa shape index (κ2) is 6.65. The number of nitrogens with zero attached hydrogens (tertiary/aromatic N) is 1. The fraction of sp³-hybridized carbons (Fsp3) is 0.143. The SMILES string of the molecule is COc1cc(NC(=O)c2cccnc2Cl)c(OC)cc1Cl. The van der Waals surface area contributed by atoms with E-state index in [0.29, 0.717) is 22.2 Å². The smallest absolute Gasteiger partial charge is 0.258 e. The van der Waals surface area contributed by atoms with Gasteiger partial charge >= 0.3 is 0 Å². The van der Waals surface area contributed by atoms with Crippen molar-refractivity contribution in [1.82, 2.24) is 4.98 Å². The van der Waals surface area contributed by atoms with Crippen molar-refractivity contribution in [2.24, 2.45) is 0 Å². The third kappa shape index (κ3) is 3.37. The van der Waals surface area contributed by atoms with Crippen molar-refractivity contribution in [1.29, 1.82) is 0 Å². The second-order valence-corrected chi connectivity index (χ2v) is 4.75. The molecule has 2 rings (SSSR count). The lowest BCUT2D eigenvalue weighted by Crippen LogP contribution is -2.13. The molecule has 0 unspecified atom stereocenters. The topological polar surface area (TPSA) is 60.5 Å². The maximum atomic E-state index is 12.2. The first-order valence-electron chi connectivity index (χ1n) is 5.90. The number of hydrogen-bond acceptors (Lipinski definition) is 4. The molecular formula is C14H12Cl2N2O3. The van der Waals surface area contributed by atoms with Gasteiger partial charge in [-0.1, -0.05) is 23.2 Å². The summed E-state index contributed by atoms with van der Waals surface area (Å²) in [5.41, 5.74) is 0.679. The third-order valence-electron chi connectivity index (χ3n) is 2.73. The lowest BCUT2D eigenvalue weighted by Gasteiger charge is -2.13. The highest BCUT2D eigenvalue weighted by atomic mass is 35.5. The molecule has 0 bridgehead atoms. The number of anilines is 1. The minimum atomic E-state index is -0.407. The van der Waals surface area contributed by atoms with Crippen LogP contribution < -0.4 is 14.8 Å². The van der Waals surface area contributed by atoms with Crippen LogP contribution in [0, 0.1) is 0 Å². The van der Waals surface area contributed by atoms with Crippen LogP contribution in [0.5, 0.6) is 11.5 Å². The van der Waals surface area contributed by atoms with Crippen molar-refractivity contribution in [3.8, 4) is 11.5 Å². The highest BCUT2D eigenvalue weighted by Gasteiger charge is 2.15. The molecule has 2 aromatic rings. The number of carbonyl (C=O) groups excluding carboxylic acids is 1. The van der Waals surface area contributed by atoms with Crippen molar-refractivity contribution in [2.75, 3.05) is 19.5 Å². The number of hydrogen-bond donors (Lipinski definition) is 1. The molecule has 0 saturated carbocycles. The van der Waals surface area contributed by atoms with Crippen LogP contribution >= 0.6 is 23.2 Å². The quantitative estimate of drug-likeness (QED) is 0.871. The summed E-state index contributed by atoms with van der Waals surface area (Å²) in [7, 11) is 2.96. The maximum Gasteiger partial charge on any atom is 0.258 e. The van der Waals surface area contributed by atoms with Gasteiger partial charge in [0, 0.05) is 18.3 Å². The lowest BCUT2D eigenvalue weighted by molar-refractivity contribution is 0.102. The van der Waals surface area contributed by atoms with Crippen LogP contribution in [0.4, 0.5) is 5.69 Å². The number of aromatic nitrogens is 1. The van der Waals surface area contributed by atoms with E-state index in [0.717, 1.165) is 0 Å². The van der Waals surface area contributed by atoms with E-state index in [9.17, 15) is 4.79 Å². The number of pyridine rings is 1. The van der Waals surface area contributed by atoms with Crippen LogP contribution in [0.25, 0.3) is 0 Å². The number of benzene rings is 1. The van der Waals surface area contributed by atoms with Crippen molar-refractivity contribution in [3.05, 3.63) is 46.2 Å².